The summed E-state index contributed by atoms with van der Waals surface area (Å²) in [6.07, 6.45) is 4.86. The lowest BCUT2D eigenvalue weighted by Crippen LogP contribution is -2.51. The van der Waals surface area contributed by atoms with Crippen LogP contribution in [0.3, 0.4) is 0 Å². The topological polar surface area (TPSA) is 26.3 Å². The second-order valence-electron chi connectivity index (χ2n) is 8.74. The van der Waals surface area contributed by atoms with E-state index >= 15 is 0 Å². The van der Waals surface area contributed by atoms with Crippen LogP contribution in [0.25, 0.3) is 0 Å². The first-order chi connectivity index (χ1) is 9.48. The van der Waals surface area contributed by atoms with Crippen molar-refractivity contribution in [2.45, 2.75) is 90.5 Å². The molecule has 0 spiro atoms. The molecule has 2 nitrogen and oxygen atoms in total. The molecule has 2 rings (SSSR count). The number of carbonyl (C=O) groups excluding carboxylic acids is 1. The molecule has 2 atom stereocenters. The van der Waals surface area contributed by atoms with E-state index in [0.717, 1.165) is 31.3 Å². The van der Waals surface area contributed by atoms with Gasteiger partial charge in [-0.15, -0.1) is 0 Å². The van der Waals surface area contributed by atoms with Crippen LogP contribution in [0.4, 0.5) is 0 Å². The summed E-state index contributed by atoms with van der Waals surface area (Å²) in [7, 11) is -1.82. The summed E-state index contributed by atoms with van der Waals surface area (Å²) in [5.41, 5.74) is 2.29. The van der Waals surface area contributed by atoms with E-state index in [0.29, 0.717) is 18.1 Å². The van der Waals surface area contributed by atoms with Gasteiger partial charge in [0.15, 0.2) is 14.1 Å². The molecule has 1 saturated carbocycles. The smallest absolute Gasteiger partial charge is 0.192 e. The van der Waals surface area contributed by atoms with Crippen LogP contribution in [-0.2, 0) is 9.22 Å². The number of hydrogen-bond donors (Lipinski definition) is 0. The normalized spacial score (nSPS) is 31.4. The van der Waals surface area contributed by atoms with Crippen molar-refractivity contribution in [2.75, 3.05) is 0 Å². The summed E-state index contributed by atoms with van der Waals surface area (Å²) in [4.78, 5) is 12.5. The molecular weight excluding hydrogens is 276 g/mol. The monoisotopic (exact) mass is 308 g/mol. The second-order valence-corrected chi connectivity index (χ2v) is 13.5. The van der Waals surface area contributed by atoms with Gasteiger partial charge in [0.1, 0.15) is 0 Å². The number of allylic oxidation sites excluding steroid dienone is 1. The van der Waals surface area contributed by atoms with E-state index in [-0.39, 0.29) is 10.6 Å². The highest BCUT2D eigenvalue weighted by Crippen LogP contribution is 2.49. The number of Topliss-reactive ketones (excluding diaryl/α,β-unsaturated/α-hetero) is 1. The van der Waals surface area contributed by atoms with E-state index in [4.69, 9.17) is 4.43 Å². The maximum Gasteiger partial charge on any atom is 0.192 e. The molecule has 21 heavy (non-hydrogen) atoms. The van der Waals surface area contributed by atoms with Crippen LogP contribution in [0, 0.1) is 5.92 Å². The number of ketones is 1. The zero-order chi connectivity index (χ0) is 16.1. The third-order valence-electron chi connectivity index (χ3n) is 6.03. The van der Waals surface area contributed by atoms with Crippen molar-refractivity contribution in [3.63, 3.8) is 0 Å². The molecule has 120 valence electrons. The summed E-state index contributed by atoms with van der Waals surface area (Å²) in [5.74, 6) is 0.708. The van der Waals surface area contributed by atoms with Crippen molar-refractivity contribution in [1.82, 2.24) is 0 Å². The molecule has 2 aliphatic carbocycles. The molecule has 0 aromatic rings. The zero-order valence-electron chi connectivity index (χ0n) is 14.9. The fourth-order valence-corrected chi connectivity index (χ4v) is 5.46. The molecule has 0 unspecified atom stereocenters. The Balaban J connectivity index is 2.35. The minimum absolute atomic E-state index is 0.151. The van der Waals surface area contributed by atoms with Crippen LogP contribution in [-0.4, -0.2) is 19.7 Å². The van der Waals surface area contributed by atoms with Crippen LogP contribution >= 0.6 is 0 Å². The van der Waals surface area contributed by atoms with Gasteiger partial charge in [0, 0.05) is 12.3 Å². The van der Waals surface area contributed by atoms with E-state index in [2.05, 4.69) is 47.7 Å². The number of fused-ring (bicyclic) bond motifs is 1. The van der Waals surface area contributed by atoms with Gasteiger partial charge in [0.2, 0.25) is 0 Å². The average Bonchev–Trinajstić information content (AvgIpc) is 2.64. The summed E-state index contributed by atoms with van der Waals surface area (Å²) in [6, 6.07) is 0. The first-order valence-electron chi connectivity index (χ1n) is 8.41. The Hall–Kier alpha value is -0.413. The molecular formula is C18H32O2Si. The van der Waals surface area contributed by atoms with Gasteiger partial charge in [-0.25, -0.2) is 0 Å². The predicted molar refractivity (Wildman–Crippen MR) is 91.0 cm³/mol. The number of hydrogen-bond acceptors (Lipinski definition) is 2. The van der Waals surface area contributed by atoms with E-state index < -0.39 is 8.32 Å². The van der Waals surface area contributed by atoms with Crippen LogP contribution in [0.5, 0.6) is 0 Å². The van der Waals surface area contributed by atoms with Crippen molar-refractivity contribution >= 4 is 14.1 Å². The highest BCUT2D eigenvalue weighted by molar-refractivity contribution is 6.74. The number of rotatable bonds is 2. The summed E-state index contributed by atoms with van der Waals surface area (Å²) in [6.45, 7) is 16.0. The number of carbonyl (C=O) groups is 1. The molecule has 0 bridgehead atoms. The summed E-state index contributed by atoms with van der Waals surface area (Å²) < 4.78 is 6.87. The Morgan fingerprint density at radius 2 is 1.86 bits per heavy atom. The lowest BCUT2D eigenvalue weighted by molar-refractivity contribution is -0.116. The Bertz CT molecular complexity index is 470. The fourth-order valence-electron chi connectivity index (χ4n) is 3.75. The van der Waals surface area contributed by atoms with E-state index in [1.807, 2.05) is 0 Å². The Labute approximate surface area is 131 Å². The molecule has 3 heteroatoms. The second kappa shape index (κ2) is 5.34. The van der Waals surface area contributed by atoms with Gasteiger partial charge in [-0.3, -0.25) is 4.79 Å². The Morgan fingerprint density at radius 3 is 2.43 bits per heavy atom. The van der Waals surface area contributed by atoms with Crippen molar-refractivity contribution in [3.05, 3.63) is 11.1 Å². The van der Waals surface area contributed by atoms with E-state index in [1.165, 1.54) is 5.57 Å². The fraction of sp³-hybridized carbons (Fsp3) is 0.833. The molecule has 0 amide bonds. The average molecular weight is 309 g/mol. The quantitative estimate of drug-likeness (QED) is 0.652. The van der Waals surface area contributed by atoms with E-state index in [9.17, 15) is 4.79 Å². The maximum absolute atomic E-state index is 12.5. The van der Waals surface area contributed by atoms with Gasteiger partial charge in [-0.1, -0.05) is 26.3 Å². The molecule has 0 radical (unpaired) electrons. The van der Waals surface area contributed by atoms with Gasteiger partial charge in [0.25, 0.3) is 0 Å². The zero-order valence-corrected chi connectivity index (χ0v) is 15.9. The Kier molecular flexibility index (Phi) is 4.31. The third-order valence-corrected chi connectivity index (χ3v) is 10.6. The standard InChI is InChI=1S/C18H32O2Si/c1-13-10-11-14-16(13)15(19)9-8-12-18(14,5)20-21(6,7)17(2,3)4/h14H,8-12H2,1-7H3/t14-,18+/m1/s1. The third kappa shape index (κ3) is 3.05. The van der Waals surface area contributed by atoms with Gasteiger partial charge in [-0.2, -0.15) is 0 Å². The highest BCUT2D eigenvalue weighted by Gasteiger charge is 2.49. The predicted octanol–water partition coefficient (Wildman–Crippen LogP) is 5.25. The summed E-state index contributed by atoms with van der Waals surface area (Å²) >= 11 is 0. The first kappa shape index (κ1) is 16.9. The molecule has 0 heterocycles. The molecule has 1 fully saturated rings. The van der Waals surface area contributed by atoms with Gasteiger partial charge < -0.3 is 4.43 Å². The van der Waals surface area contributed by atoms with Gasteiger partial charge in [0.05, 0.1) is 5.60 Å². The van der Waals surface area contributed by atoms with Crippen molar-refractivity contribution in [3.8, 4) is 0 Å². The Morgan fingerprint density at radius 1 is 1.24 bits per heavy atom. The largest absolute Gasteiger partial charge is 0.411 e. The van der Waals surface area contributed by atoms with Crippen LogP contribution in [0.15, 0.2) is 11.1 Å². The first-order valence-corrected chi connectivity index (χ1v) is 11.3. The van der Waals surface area contributed by atoms with Crippen LogP contribution < -0.4 is 0 Å². The minimum atomic E-state index is -1.82. The van der Waals surface area contributed by atoms with E-state index in [1.54, 1.807) is 0 Å². The van der Waals surface area contributed by atoms with Gasteiger partial charge in [-0.05, 0) is 63.2 Å². The maximum atomic E-state index is 12.5. The lowest BCUT2D eigenvalue weighted by Gasteiger charge is -2.47. The highest BCUT2D eigenvalue weighted by atomic mass is 28.4. The van der Waals surface area contributed by atoms with Crippen molar-refractivity contribution < 1.29 is 9.22 Å². The van der Waals surface area contributed by atoms with Crippen LogP contribution in [0.2, 0.25) is 18.1 Å². The summed E-state index contributed by atoms with van der Waals surface area (Å²) in [5, 5.41) is 0.212. The van der Waals surface area contributed by atoms with Gasteiger partial charge >= 0.3 is 0 Å². The molecule has 0 aromatic carbocycles. The van der Waals surface area contributed by atoms with Crippen molar-refractivity contribution in [1.29, 1.82) is 0 Å². The van der Waals surface area contributed by atoms with Crippen molar-refractivity contribution in [2.24, 2.45) is 5.92 Å². The van der Waals surface area contributed by atoms with Crippen LogP contribution in [0.1, 0.15) is 66.7 Å². The molecule has 0 aromatic heterocycles. The minimum Gasteiger partial charge on any atom is -0.411 e. The molecule has 0 N–H and O–H groups in total. The lowest BCUT2D eigenvalue weighted by atomic mass is 9.82. The molecule has 0 aliphatic heterocycles. The SMILES string of the molecule is CC1=C2C(=O)CCC[C@](C)(O[Si](C)(C)C(C)(C)C)[C@@H]2CC1. The molecule has 2 aliphatic rings. The molecule has 0 saturated heterocycles.